The molecule has 172 valence electrons. The Labute approximate surface area is 185 Å². The Morgan fingerprint density at radius 3 is 2.47 bits per heavy atom. The van der Waals surface area contributed by atoms with Crippen molar-refractivity contribution in [2.24, 2.45) is 0 Å². The molecule has 0 aliphatic rings. The van der Waals surface area contributed by atoms with Crippen molar-refractivity contribution >= 4 is 26.0 Å². The Bertz CT molecular complexity index is 1310. The van der Waals surface area contributed by atoms with Crippen LogP contribution in [-0.2, 0) is 37.9 Å². The van der Waals surface area contributed by atoms with Crippen molar-refractivity contribution in [3.8, 4) is 0 Å². The second kappa shape index (κ2) is 9.28. The lowest BCUT2D eigenvalue weighted by atomic mass is 10.1. The smallest absolute Gasteiger partial charge is 0.338 e. The van der Waals surface area contributed by atoms with E-state index < -0.39 is 26.0 Å². The average Bonchev–Trinajstić information content (AvgIpc) is 3.43. The highest BCUT2D eigenvalue weighted by Crippen LogP contribution is 2.20. The summed E-state index contributed by atoms with van der Waals surface area (Å²) in [5.41, 5.74) is 0.564. The van der Waals surface area contributed by atoms with Gasteiger partial charge in [0.25, 0.3) is 10.0 Å². The summed E-state index contributed by atoms with van der Waals surface area (Å²) in [7, 11) is -4.92. The van der Waals surface area contributed by atoms with E-state index in [0.717, 1.165) is 4.31 Å². The number of sulfonamides is 2. The highest BCUT2D eigenvalue weighted by molar-refractivity contribution is 7.89. The predicted molar refractivity (Wildman–Crippen MR) is 113 cm³/mol. The SMILES string of the molecule is Cc1ccc(S(=O)(=O)NCc2ccco2)cc1C(=O)OCc1ccc(S(=O)(=O)N(C)C)o1. The number of benzene rings is 1. The predicted octanol–water partition coefficient (Wildman–Crippen LogP) is 2.27. The first-order valence-corrected chi connectivity index (χ1v) is 12.2. The first-order chi connectivity index (χ1) is 15.0. The fourth-order valence-electron chi connectivity index (χ4n) is 2.62. The van der Waals surface area contributed by atoms with Gasteiger partial charge in [0.05, 0.1) is 23.3 Å². The van der Waals surface area contributed by atoms with Crippen LogP contribution in [0, 0.1) is 6.92 Å². The van der Waals surface area contributed by atoms with Crippen LogP contribution in [0.3, 0.4) is 0 Å². The molecule has 3 rings (SSSR count). The van der Waals surface area contributed by atoms with E-state index in [0.29, 0.717) is 11.3 Å². The van der Waals surface area contributed by atoms with Gasteiger partial charge in [-0.2, -0.15) is 0 Å². The number of rotatable bonds is 9. The van der Waals surface area contributed by atoms with Gasteiger partial charge in [-0.15, -0.1) is 0 Å². The van der Waals surface area contributed by atoms with E-state index in [1.54, 1.807) is 19.1 Å². The molecule has 2 aromatic heterocycles. The van der Waals surface area contributed by atoms with Crippen molar-refractivity contribution in [1.82, 2.24) is 9.03 Å². The van der Waals surface area contributed by atoms with Crippen LogP contribution in [0.1, 0.15) is 27.4 Å². The van der Waals surface area contributed by atoms with Gasteiger partial charge in [0.15, 0.2) is 0 Å². The Morgan fingerprint density at radius 2 is 1.81 bits per heavy atom. The number of esters is 1. The van der Waals surface area contributed by atoms with Gasteiger partial charge >= 0.3 is 5.97 Å². The lowest BCUT2D eigenvalue weighted by molar-refractivity contribution is 0.0439. The zero-order valence-corrected chi connectivity index (χ0v) is 19.2. The maximum Gasteiger partial charge on any atom is 0.338 e. The third-order valence-electron chi connectivity index (χ3n) is 4.47. The van der Waals surface area contributed by atoms with Crippen LogP contribution in [0.2, 0.25) is 0 Å². The molecule has 0 unspecified atom stereocenters. The minimum Gasteiger partial charge on any atom is -0.468 e. The first-order valence-electron chi connectivity index (χ1n) is 9.32. The van der Waals surface area contributed by atoms with E-state index in [1.807, 2.05) is 0 Å². The van der Waals surface area contributed by atoms with Gasteiger partial charge in [-0.1, -0.05) is 6.07 Å². The fraction of sp³-hybridized carbons (Fsp3) is 0.250. The molecule has 0 fully saturated rings. The molecular formula is C20H22N2O8S2. The van der Waals surface area contributed by atoms with Crippen molar-refractivity contribution in [3.63, 3.8) is 0 Å². The molecule has 0 saturated carbocycles. The van der Waals surface area contributed by atoms with E-state index in [2.05, 4.69) is 4.72 Å². The number of furan rings is 2. The van der Waals surface area contributed by atoms with Gasteiger partial charge < -0.3 is 13.6 Å². The molecule has 0 bridgehead atoms. The van der Waals surface area contributed by atoms with Crippen LogP contribution in [-0.4, -0.2) is 41.2 Å². The number of hydrogen-bond acceptors (Lipinski definition) is 8. The van der Waals surface area contributed by atoms with Gasteiger partial charge in [0, 0.05) is 14.1 Å². The molecule has 2 heterocycles. The summed E-state index contributed by atoms with van der Waals surface area (Å²) in [6.07, 6.45) is 1.43. The molecule has 12 heteroatoms. The highest BCUT2D eigenvalue weighted by Gasteiger charge is 2.23. The molecule has 32 heavy (non-hydrogen) atoms. The van der Waals surface area contributed by atoms with E-state index in [4.69, 9.17) is 13.6 Å². The zero-order chi connectivity index (χ0) is 23.5. The number of ether oxygens (including phenoxy) is 1. The van der Waals surface area contributed by atoms with E-state index >= 15 is 0 Å². The van der Waals surface area contributed by atoms with Crippen LogP contribution in [0.15, 0.2) is 67.5 Å². The molecular weight excluding hydrogens is 460 g/mol. The van der Waals surface area contributed by atoms with Gasteiger partial charge in [-0.05, 0) is 48.9 Å². The van der Waals surface area contributed by atoms with E-state index in [1.165, 1.54) is 50.7 Å². The molecule has 0 amide bonds. The Morgan fingerprint density at radius 1 is 1.06 bits per heavy atom. The Kier molecular flexibility index (Phi) is 6.88. The van der Waals surface area contributed by atoms with Crippen LogP contribution in [0.5, 0.6) is 0 Å². The van der Waals surface area contributed by atoms with Gasteiger partial charge in [0.1, 0.15) is 18.1 Å². The van der Waals surface area contributed by atoms with Crippen LogP contribution in [0.4, 0.5) is 0 Å². The molecule has 0 saturated heterocycles. The molecule has 0 aliphatic heterocycles. The van der Waals surface area contributed by atoms with Gasteiger partial charge in [-0.25, -0.2) is 30.7 Å². The highest BCUT2D eigenvalue weighted by atomic mass is 32.2. The molecule has 0 spiro atoms. The summed E-state index contributed by atoms with van der Waals surface area (Å²) < 4.78 is 68.2. The third-order valence-corrected chi connectivity index (χ3v) is 7.56. The van der Waals surface area contributed by atoms with Crippen LogP contribution in [0.25, 0.3) is 0 Å². The number of nitrogens with zero attached hydrogens (tertiary/aromatic N) is 1. The minimum absolute atomic E-state index is 0.0420. The molecule has 1 N–H and O–H groups in total. The van der Waals surface area contributed by atoms with Crippen LogP contribution >= 0.6 is 0 Å². The third kappa shape index (κ3) is 5.27. The summed E-state index contributed by atoms with van der Waals surface area (Å²) in [6, 6.07) is 10.0. The van der Waals surface area contributed by atoms with Crippen molar-refractivity contribution in [1.29, 1.82) is 0 Å². The lowest BCUT2D eigenvalue weighted by Crippen LogP contribution is -2.23. The van der Waals surface area contributed by atoms with Crippen molar-refractivity contribution < 1.29 is 35.2 Å². The molecule has 1 aromatic carbocycles. The minimum atomic E-state index is -3.91. The summed E-state index contributed by atoms with van der Waals surface area (Å²) in [6.45, 7) is 1.27. The molecule has 0 radical (unpaired) electrons. The molecule has 0 atom stereocenters. The van der Waals surface area contributed by atoms with E-state index in [9.17, 15) is 21.6 Å². The molecule has 10 nitrogen and oxygen atoms in total. The Hall–Kier alpha value is -2.93. The number of carbonyl (C=O) groups is 1. The average molecular weight is 483 g/mol. The number of aryl methyl sites for hydroxylation is 1. The summed E-state index contributed by atoms with van der Waals surface area (Å²) >= 11 is 0. The monoisotopic (exact) mass is 482 g/mol. The summed E-state index contributed by atoms with van der Waals surface area (Å²) in [5.74, 6) is -0.214. The lowest BCUT2D eigenvalue weighted by Gasteiger charge is -2.10. The summed E-state index contributed by atoms with van der Waals surface area (Å²) in [4.78, 5) is 12.4. The molecule has 0 aliphatic carbocycles. The fourth-order valence-corrected chi connectivity index (χ4v) is 4.45. The maximum absolute atomic E-state index is 12.6. The van der Waals surface area contributed by atoms with Gasteiger partial charge in [-0.3, -0.25) is 0 Å². The second-order valence-electron chi connectivity index (χ2n) is 6.96. The quantitative estimate of drug-likeness (QED) is 0.459. The van der Waals surface area contributed by atoms with E-state index in [-0.39, 0.29) is 34.5 Å². The van der Waals surface area contributed by atoms with Crippen molar-refractivity contribution in [2.45, 2.75) is 30.1 Å². The standard InChI is InChI=1S/C20H22N2O8S2/c1-14-6-8-17(31(24,25)21-12-15-5-4-10-28-15)11-18(14)20(23)29-13-16-7-9-19(30-16)32(26,27)22(2)3/h4-11,21H,12-13H2,1-3H3. The summed E-state index contributed by atoms with van der Waals surface area (Å²) in [5, 5.41) is -0.277. The van der Waals surface area contributed by atoms with Crippen LogP contribution < -0.4 is 4.72 Å². The zero-order valence-electron chi connectivity index (χ0n) is 17.6. The second-order valence-corrected chi connectivity index (χ2v) is 10.8. The number of carbonyl (C=O) groups excluding carboxylic acids is 1. The molecule has 3 aromatic rings. The van der Waals surface area contributed by atoms with Crippen molar-refractivity contribution in [2.75, 3.05) is 14.1 Å². The topological polar surface area (TPSA) is 136 Å². The number of hydrogen-bond donors (Lipinski definition) is 1. The largest absolute Gasteiger partial charge is 0.468 e. The van der Waals surface area contributed by atoms with Gasteiger partial charge in [0.2, 0.25) is 15.1 Å². The van der Waals surface area contributed by atoms with Crippen molar-refractivity contribution in [3.05, 3.63) is 71.4 Å². The normalized spacial score (nSPS) is 12.2. The number of nitrogens with one attached hydrogen (secondary N) is 1. The Balaban J connectivity index is 1.71. The maximum atomic E-state index is 12.6. The first kappa shape index (κ1) is 23.7.